The second-order valence-corrected chi connectivity index (χ2v) is 5.99. The van der Waals surface area contributed by atoms with Gasteiger partial charge in [0.15, 0.2) is 0 Å². The van der Waals surface area contributed by atoms with E-state index in [1.54, 1.807) is 13.3 Å². The van der Waals surface area contributed by atoms with Gasteiger partial charge in [0.25, 0.3) is 0 Å². The summed E-state index contributed by atoms with van der Waals surface area (Å²) in [4.78, 5) is 9.15. The molecule has 1 aliphatic rings. The Balaban J connectivity index is 1.62. The number of nitrogens with zero attached hydrogens (tertiary/aromatic N) is 4. The minimum absolute atomic E-state index is 0.358. The SMILES string of the molecule is COc1cccc(C(C)N2CCN(c3ccc(C#N)cn3)CC2)c1. The third kappa shape index (κ3) is 3.50. The van der Waals surface area contributed by atoms with Crippen LogP contribution in [0.3, 0.4) is 0 Å². The van der Waals surface area contributed by atoms with Gasteiger partial charge in [-0.15, -0.1) is 0 Å². The number of ether oxygens (including phenoxy) is 1. The predicted molar refractivity (Wildman–Crippen MR) is 94.1 cm³/mol. The number of hydrogen-bond acceptors (Lipinski definition) is 5. The summed E-state index contributed by atoms with van der Waals surface area (Å²) in [5.74, 6) is 1.85. The molecule has 0 aliphatic carbocycles. The molecule has 1 saturated heterocycles. The van der Waals surface area contributed by atoms with Gasteiger partial charge in [-0.25, -0.2) is 4.98 Å². The number of pyridine rings is 1. The van der Waals surface area contributed by atoms with Gasteiger partial charge in [0.1, 0.15) is 17.6 Å². The van der Waals surface area contributed by atoms with Crippen molar-refractivity contribution in [3.63, 3.8) is 0 Å². The van der Waals surface area contributed by atoms with Crippen LogP contribution in [0.4, 0.5) is 5.82 Å². The molecule has 0 saturated carbocycles. The van der Waals surface area contributed by atoms with Crippen molar-refractivity contribution in [3.05, 3.63) is 53.7 Å². The minimum Gasteiger partial charge on any atom is -0.497 e. The first kappa shape index (κ1) is 16.3. The Morgan fingerprint density at radius 2 is 1.96 bits per heavy atom. The highest BCUT2D eigenvalue weighted by molar-refractivity contribution is 5.42. The van der Waals surface area contributed by atoms with Crippen LogP contribution in [0.5, 0.6) is 5.75 Å². The number of nitriles is 1. The Hall–Kier alpha value is -2.58. The first-order chi connectivity index (χ1) is 11.7. The lowest BCUT2D eigenvalue weighted by molar-refractivity contribution is 0.198. The van der Waals surface area contributed by atoms with E-state index in [-0.39, 0.29) is 0 Å². The fraction of sp³-hybridized carbons (Fsp3) is 0.368. The zero-order chi connectivity index (χ0) is 16.9. The van der Waals surface area contributed by atoms with Gasteiger partial charge in [0.2, 0.25) is 0 Å². The molecular weight excluding hydrogens is 300 g/mol. The van der Waals surface area contributed by atoms with E-state index < -0.39 is 0 Å². The molecule has 0 bridgehead atoms. The molecule has 0 amide bonds. The second kappa shape index (κ2) is 7.33. The van der Waals surface area contributed by atoms with E-state index in [0.29, 0.717) is 11.6 Å². The number of anilines is 1. The summed E-state index contributed by atoms with van der Waals surface area (Å²) >= 11 is 0. The highest BCUT2D eigenvalue weighted by Crippen LogP contribution is 2.25. The summed E-state index contributed by atoms with van der Waals surface area (Å²) in [5, 5.41) is 8.86. The highest BCUT2D eigenvalue weighted by Gasteiger charge is 2.23. The lowest BCUT2D eigenvalue weighted by atomic mass is 10.1. The van der Waals surface area contributed by atoms with Crippen molar-refractivity contribution >= 4 is 5.82 Å². The van der Waals surface area contributed by atoms with Crippen LogP contribution in [0, 0.1) is 11.3 Å². The van der Waals surface area contributed by atoms with E-state index in [1.165, 1.54) is 5.56 Å². The number of methoxy groups -OCH3 is 1. The molecule has 1 aromatic heterocycles. The van der Waals surface area contributed by atoms with E-state index >= 15 is 0 Å². The minimum atomic E-state index is 0.358. The zero-order valence-electron chi connectivity index (χ0n) is 14.1. The van der Waals surface area contributed by atoms with Crippen molar-refractivity contribution in [3.8, 4) is 11.8 Å². The van der Waals surface area contributed by atoms with Crippen LogP contribution in [-0.2, 0) is 0 Å². The van der Waals surface area contributed by atoms with Gasteiger partial charge in [-0.05, 0) is 36.8 Å². The quantitative estimate of drug-likeness (QED) is 0.866. The van der Waals surface area contributed by atoms with E-state index in [1.807, 2.05) is 24.3 Å². The van der Waals surface area contributed by atoms with Gasteiger partial charge in [0, 0.05) is 38.4 Å². The van der Waals surface area contributed by atoms with Gasteiger partial charge in [-0.2, -0.15) is 5.26 Å². The lowest BCUT2D eigenvalue weighted by Gasteiger charge is -2.38. The molecule has 2 heterocycles. The monoisotopic (exact) mass is 322 g/mol. The maximum Gasteiger partial charge on any atom is 0.128 e. The fourth-order valence-electron chi connectivity index (χ4n) is 3.09. The fourth-order valence-corrected chi connectivity index (χ4v) is 3.09. The number of piperazine rings is 1. The molecule has 2 aromatic rings. The third-order valence-electron chi connectivity index (χ3n) is 4.64. The van der Waals surface area contributed by atoms with Crippen LogP contribution in [0.2, 0.25) is 0 Å². The van der Waals surface area contributed by atoms with Crippen LogP contribution in [0.25, 0.3) is 0 Å². The normalized spacial score (nSPS) is 16.5. The lowest BCUT2D eigenvalue weighted by Crippen LogP contribution is -2.47. The maximum atomic E-state index is 8.86. The summed E-state index contributed by atoms with van der Waals surface area (Å²) in [6.07, 6.45) is 1.64. The Morgan fingerprint density at radius 1 is 1.17 bits per heavy atom. The summed E-state index contributed by atoms with van der Waals surface area (Å²) in [6, 6.07) is 14.5. The molecule has 124 valence electrons. The molecule has 0 radical (unpaired) electrons. The number of hydrogen-bond donors (Lipinski definition) is 0. The Labute approximate surface area is 143 Å². The molecule has 0 spiro atoms. The van der Waals surface area contributed by atoms with Crippen molar-refractivity contribution in [1.82, 2.24) is 9.88 Å². The molecule has 3 rings (SSSR count). The highest BCUT2D eigenvalue weighted by atomic mass is 16.5. The van der Waals surface area contributed by atoms with Gasteiger partial charge >= 0.3 is 0 Å². The third-order valence-corrected chi connectivity index (χ3v) is 4.64. The van der Waals surface area contributed by atoms with Crippen molar-refractivity contribution in [1.29, 1.82) is 5.26 Å². The average molecular weight is 322 g/mol. The molecule has 1 fully saturated rings. The smallest absolute Gasteiger partial charge is 0.128 e. The summed E-state index contributed by atoms with van der Waals surface area (Å²) in [6.45, 7) is 6.09. The first-order valence-electron chi connectivity index (χ1n) is 8.20. The van der Waals surface area contributed by atoms with Gasteiger partial charge in [-0.1, -0.05) is 12.1 Å². The molecule has 1 unspecified atom stereocenters. The molecule has 1 atom stereocenters. The predicted octanol–water partition coefficient (Wildman–Crippen LogP) is 2.85. The molecule has 1 aromatic carbocycles. The van der Waals surface area contributed by atoms with Crippen molar-refractivity contribution in [2.24, 2.45) is 0 Å². The Morgan fingerprint density at radius 3 is 2.58 bits per heavy atom. The standard InChI is InChI=1S/C19H22N4O/c1-15(17-4-3-5-18(12-17)24-2)22-8-10-23(11-9-22)19-7-6-16(13-20)14-21-19/h3-7,12,14-15H,8-11H2,1-2H3. The van der Waals surface area contributed by atoms with Crippen LogP contribution < -0.4 is 9.64 Å². The van der Waals surface area contributed by atoms with E-state index in [9.17, 15) is 0 Å². The second-order valence-electron chi connectivity index (χ2n) is 5.99. The number of rotatable bonds is 4. The average Bonchev–Trinajstić information content (AvgIpc) is 2.67. The Kier molecular flexibility index (Phi) is 4.97. The zero-order valence-corrected chi connectivity index (χ0v) is 14.1. The first-order valence-corrected chi connectivity index (χ1v) is 8.20. The topological polar surface area (TPSA) is 52.4 Å². The van der Waals surface area contributed by atoms with Crippen LogP contribution in [0.1, 0.15) is 24.1 Å². The van der Waals surface area contributed by atoms with Gasteiger partial charge in [0.05, 0.1) is 12.7 Å². The maximum absolute atomic E-state index is 8.86. The summed E-state index contributed by atoms with van der Waals surface area (Å²) in [5.41, 5.74) is 1.88. The molecular formula is C19H22N4O. The van der Waals surface area contributed by atoms with Gasteiger partial charge < -0.3 is 9.64 Å². The van der Waals surface area contributed by atoms with Gasteiger partial charge in [-0.3, -0.25) is 4.90 Å². The number of benzene rings is 1. The Bertz CT molecular complexity index is 715. The van der Waals surface area contributed by atoms with Crippen LogP contribution in [0.15, 0.2) is 42.6 Å². The molecule has 1 aliphatic heterocycles. The molecule has 0 N–H and O–H groups in total. The molecule has 5 nitrogen and oxygen atoms in total. The molecule has 24 heavy (non-hydrogen) atoms. The van der Waals surface area contributed by atoms with E-state index in [2.05, 4.69) is 39.9 Å². The van der Waals surface area contributed by atoms with Crippen LogP contribution >= 0.6 is 0 Å². The number of aromatic nitrogens is 1. The van der Waals surface area contributed by atoms with E-state index in [4.69, 9.17) is 10.00 Å². The van der Waals surface area contributed by atoms with Crippen molar-refractivity contribution < 1.29 is 4.74 Å². The summed E-state index contributed by atoms with van der Waals surface area (Å²) in [7, 11) is 1.70. The summed E-state index contributed by atoms with van der Waals surface area (Å²) < 4.78 is 5.33. The van der Waals surface area contributed by atoms with Crippen LogP contribution in [-0.4, -0.2) is 43.2 Å². The van der Waals surface area contributed by atoms with Crippen molar-refractivity contribution in [2.75, 3.05) is 38.2 Å². The van der Waals surface area contributed by atoms with E-state index in [0.717, 1.165) is 37.7 Å². The van der Waals surface area contributed by atoms with Crippen molar-refractivity contribution in [2.45, 2.75) is 13.0 Å². The molecule has 5 heteroatoms. The largest absolute Gasteiger partial charge is 0.497 e.